The molecule has 0 aliphatic carbocycles. The molecule has 1 aromatic carbocycles. The summed E-state index contributed by atoms with van der Waals surface area (Å²) in [5.41, 5.74) is 1.82. The van der Waals surface area contributed by atoms with Crippen LogP contribution >= 0.6 is 15.9 Å². The van der Waals surface area contributed by atoms with E-state index in [0.29, 0.717) is 4.47 Å². The minimum absolute atomic E-state index is 0.176. The number of aryl methyl sites for hydroxylation is 1. The van der Waals surface area contributed by atoms with Gasteiger partial charge in [-0.1, -0.05) is 0 Å². The van der Waals surface area contributed by atoms with E-state index in [1.807, 2.05) is 26.0 Å². The lowest BCUT2D eigenvalue weighted by atomic mass is 10.1. The molecule has 4 heteroatoms. The van der Waals surface area contributed by atoms with Gasteiger partial charge in [-0.05, 0) is 59.6 Å². The summed E-state index contributed by atoms with van der Waals surface area (Å²) in [6.45, 7) is 3.99. The third-order valence-electron chi connectivity index (χ3n) is 2.76. The molecule has 0 spiro atoms. The zero-order valence-electron chi connectivity index (χ0n) is 10.3. The average Bonchev–Trinajstić information content (AvgIpc) is 2.78. The molecule has 2 aromatic rings. The van der Waals surface area contributed by atoms with E-state index in [0.717, 1.165) is 23.4 Å². The van der Waals surface area contributed by atoms with Gasteiger partial charge in [-0.2, -0.15) is 0 Å². The molecular weight excluding hydrogens is 297 g/mol. The van der Waals surface area contributed by atoms with Crippen LogP contribution < -0.4 is 5.32 Å². The quantitative estimate of drug-likeness (QED) is 0.897. The Bertz CT molecular complexity index is 525. The van der Waals surface area contributed by atoms with Crippen molar-refractivity contribution in [3.05, 3.63) is 52.1 Å². The van der Waals surface area contributed by atoms with Crippen molar-refractivity contribution >= 4 is 21.6 Å². The molecule has 2 rings (SSSR count). The summed E-state index contributed by atoms with van der Waals surface area (Å²) in [6, 6.07) is 7.27. The van der Waals surface area contributed by atoms with Gasteiger partial charge in [0, 0.05) is 18.2 Å². The highest BCUT2D eigenvalue weighted by molar-refractivity contribution is 9.10. The predicted molar refractivity (Wildman–Crippen MR) is 74.3 cm³/mol. The molecule has 0 bridgehead atoms. The molecule has 0 aliphatic heterocycles. The Morgan fingerprint density at radius 1 is 1.44 bits per heavy atom. The van der Waals surface area contributed by atoms with Gasteiger partial charge < -0.3 is 9.73 Å². The maximum atomic E-state index is 13.5. The molecule has 0 saturated carbocycles. The summed E-state index contributed by atoms with van der Waals surface area (Å²) < 4.78 is 19.3. The first-order chi connectivity index (χ1) is 8.56. The first-order valence-corrected chi connectivity index (χ1v) is 6.60. The average molecular weight is 312 g/mol. The molecule has 1 atom stereocenters. The van der Waals surface area contributed by atoms with Crippen molar-refractivity contribution in [2.24, 2.45) is 0 Å². The van der Waals surface area contributed by atoms with Crippen molar-refractivity contribution in [3.63, 3.8) is 0 Å². The van der Waals surface area contributed by atoms with Gasteiger partial charge in [0.1, 0.15) is 11.6 Å². The number of hydrogen-bond donors (Lipinski definition) is 1. The molecule has 18 heavy (non-hydrogen) atoms. The van der Waals surface area contributed by atoms with Gasteiger partial charge in [-0.15, -0.1) is 0 Å². The molecule has 0 amide bonds. The fourth-order valence-corrected chi connectivity index (χ4v) is 2.31. The van der Waals surface area contributed by atoms with Gasteiger partial charge in [0.25, 0.3) is 0 Å². The van der Waals surface area contributed by atoms with E-state index in [9.17, 15) is 4.39 Å². The maximum Gasteiger partial charge on any atom is 0.139 e. The van der Waals surface area contributed by atoms with Crippen LogP contribution in [-0.2, 0) is 6.42 Å². The van der Waals surface area contributed by atoms with Crippen LogP contribution in [0.4, 0.5) is 10.1 Å². The summed E-state index contributed by atoms with van der Waals surface area (Å²) in [5, 5.41) is 3.30. The van der Waals surface area contributed by atoms with E-state index < -0.39 is 0 Å². The fourth-order valence-electron chi connectivity index (χ4n) is 1.85. The number of halogens is 2. The minimum atomic E-state index is -0.256. The molecule has 0 aliphatic rings. The smallest absolute Gasteiger partial charge is 0.139 e. The lowest BCUT2D eigenvalue weighted by Crippen LogP contribution is -2.18. The van der Waals surface area contributed by atoms with Gasteiger partial charge in [0.15, 0.2) is 0 Å². The third-order valence-corrected chi connectivity index (χ3v) is 3.36. The van der Waals surface area contributed by atoms with Crippen molar-refractivity contribution in [3.8, 4) is 0 Å². The molecule has 2 nitrogen and oxygen atoms in total. The van der Waals surface area contributed by atoms with E-state index in [2.05, 4.69) is 21.2 Å². The summed E-state index contributed by atoms with van der Waals surface area (Å²) >= 11 is 3.18. The molecule has 1 heterocycles. The van der Waals surface area contributed by atoms with Gasteiger partial charge in [-0.3, -0.25) is 0 Å². The number of hydrogen-bond acceptors (Lipinski definition) is 2. The summed E-state index contributed by atoms with van der Waals surface area (Å²) in [6.07, 6.45) is 2.43. The Labute approximate surface area is 114 Å². The Balaban J connectivity index is 2.07. The topological polar surface area (TPSA) is 25.2 Å². The summed E-state index contributed by atoms with van der Waals surface area (Å²) in [7, 11) is 0. The second-order valence-electron chi connectivity index (χ2n) is 4.41. The van der Waals surface area contributed by atoms with Gasteiger partial charge in [0.05, 0.1) is 10.7 Å². The first kappa shape index (κ1) is 13.1. The zero-order chi connectivity index (χ0) is 13.1. The zero-order valence-corrected chi connectivity index (χ0v) is 11.9. The SMILES string of the molecule is Cc1cc(Br)c(F)cc1NC(C)Cc1ccco1. The van der Waals surface area contributed by atoms with Gasteiger partial charge in [0.2, 0.25) is 0 Å². The second kappa shape index (κ2) is 5.57. The first-order valence-electron chi connectivity index (χ1n) is 5.81. The Hall–Kier alpha value is -1.29. The lowest BCUT2D eigenvalue weighted by Gasteiger charge is -2.16. The van der Waals surface area contributed by atoms with Gasteiger partial charge >= 0.3 is 0 Å². The molecule has 1 N–H and O–H groups in total. The van der Waals surface area contributed by atoms with Crippen LogP contribution in [0.25, 0.3) is 0 Å². The molecule has 96 valence electrons. The Morgan fingerprint density at radius 2 is 2.22 bits per heavy atom. The summed E-state index contributed by atoms with van der Waals surface area (Å²) in [4.78, 5) is 0. The minimum Gasteiger partial charge on any atom is -0.469 e. The number of anilines is 1. The normalized spacial score (nSPS) is 12.4. The number of nitrogens with one attached hydrogen (secondary N) is 1. The third kappa shape index (κ3) is 3.13. The molecule has 1 aromatic heterocycles. The van der Waals surface area contributed by atoms with Crippen LogP contribution in [0.3, 0.4) is 0 Å². The molecule has 0 radical (unpaired) electrons. The molecule has 0 saturated heterocycles. The lowest BCUT2D eigenvalue weighted by molar-refractivity contribution is 0.497. The standard InChI is InChI=1S/C14H15BrFNO/c1-9-6-12(15)13(16)8-14(9)17-10(2)7-11-4-3-5-18-11/h3-6,8,10,17H,7H2,1-2H3. The number of rotatable bonds is 4. The highest BCUT2D eigenvalue weighted by Gasteiger charge is 2.09. The fraction of sp³-hybridized carbons (Fsp3) is 0.286. The van der Waals surface area contributed by atoms with Crippen molar-refractivity contribution in [1.29, 1.82) is 0 Å². The van der Waals surface area contributed by atoms with Crippen LogP contribution in [0.15, 0.2) is 39.4 Å². The van der Waals surface area contributed by atoms with Crippen LogP contribution in [0.1, 0.15) is 18.2 Å². The van der Waals surface area contributed by atoms with E-state index in [-0.39, 0.29) is 11.9 Å². The Morgan fingerprint density at radius 3 is 2.89 bits per heavy atom. The predicted octanol–water partition coefficient (Wildman–Crippen LogP) is 4.53. The summed E-state index contributed by atoms with van der Waals surface area (Å²) in [5.74, 6) is 0.665. The maximum absolute atomic E-state index is 13.5. The van der Waals surface area contributed by atoms with Crippen LogP contribution in [0.5, 0.6) is 0 Å². The number of furan rings is 1. The monoisotopic (exact) mass is 311 g/mol. The van der Waals surface area contributed by atoms with E-state index in [4.69, 9.17) is 4.42 Å². The number of benzene rings is 1. The van der Waals surface area contributed by atoms with Crippen molar-refractivity contribution in [2.75, 3.05) is 5.32 Å². The highest BCUT2D eigenvalue weighted by Crippen LogP contribution is 2.24. The van der Waals surface area contributed by atoms with E-state index in [1.54, 1.807) is 12.3 Å². The molecule has 0 fully saturated rings. The largest absolute Gasteiger partial charge is 0.469 e. The van der Waals surface area contributed by atoms with Crippen LogP contribution in [0, 0.1) is 12.7 Å². The van der Waals surface area contributed by atoms with Gasteiger partial charge in [-0.25, -0.2) is 4.39 Å². The van der Waals surface area contributed by atoms with Crippen LogP contribution in [-0.4, -0.2) is 6.04 Å². The van der Waals surface area contributed by atoms with Crippen LogP contribution in [0.2, 0.25) is 0 Å². The van der Waals surface area contributed by atoms with Crippen molar-refractivity contribution < 1.29 is 8.81 Å². The van der Waals surface area contributed by atoms with E-state index in [1.165, 1.54) is 6.07 Å². The van der Waals surface area contributed by atoms with Crippen molar-refractivity contribution in [1.82, 2.24) is 0 Å². The molecule has 1 unspecified atom stereocenters. The Kier molecular flexibility index (Phi) is 4.07. The highest BCUT2D eigenvalue weighted by atomic mass is 79.9. The van der Waals surface area contributed by atoms with Crippen molar-refractivity contribution in [2.45, 2.75) is 26.3 Å². The van der Waals surface area contributed by atoms with E-state index >= 15 is 0 Å². The second-order valence-corrected chi connectivity index (χ2v) is 5.26. The molecular formula is C14H15BrFNO.